The Hall–Kier alpha value is 1.91. The van der Waals surface area contributed by atoms with E-state index in [1.807, 2.05) is 0 Å². The fraction of sp³-hybridized carbons (Fsp3) is 0. The second-order valence-corrected chi connectivity index (χ2v) is 11.9. The van der Waals surface area contributed by atoms with Gasteiger partial charge in [-0.05, 0) is 0 Å². The quantitative estimate of drug-likeness (QED) is 0.401. The van der Waals surface area contributed by atoms with E-state index in [4.69, 9.17) is 0 Å². The first-order valence-electron chi connectivity index (χ1n) is 1.65. The van der Waals surface area contributed by atoms with Gasteiger partial charge in [-0.15, -0.1) is 0 Å². The molecule has 0 N–H and O–H groups in total. The molecule has 44 valence electrons. The van der Waals surface area contributed by atoms with Gasteiger partial charge in [0.2, 0.25) is 0 Å². The normalized spacial score (nSPS) is 9.75. The molecular weight excluding hydrogens is 464 g/mol. The predicted octanol–water partition coefficient (Wildman–Crippen LogP) is 0.370. The molecule has 1 aromatic rings. The molecule has 8 heavy (non-hydrogen) atoms. The standard InChI is InChI=1S/C3I2OSe2/c4-1-2(5)8-3(6)7-1. The van der Waals surface area contributed by atoms with Crippen molar-refractivity contribution in [2.45, 2.75) is 0 Å². The van der Waals surface area contributed by atoms with Gasteiger partial charge in [0.1, 0.15) is 0 Å². The maximum atomic E-state index is 10.7. The van der Waals surface area contributed by atoms with Crippen molar-refractivity contribution in [2.24, 2.45) is 0 Å². The van der Waals surface area contributed by atoms with E-state index in [1.165, 1.54) is 4.89 Å². The van der Waals surface area contributed by atoms with Gasteiger partial charge < -0.3 is 0 Å². The van der Waals surface area contributed by atoms with Crippen molar-refractivity contribution in [1.82, 2.24) is 0 Å². The van der Waals surface area contributed by atoms with E-state index in [0.29, 0.717) is 3.18 Å². The van der Waals surface area contributed by atoms with Crippen molar-refractivity contribution < 1.29 is 0 Å². The van der Waals surface area contributed by atoms with Crippen LogP contribution in [0.2, 0.25) is 0 Å². The molecule has 0 fully saturated rings. The van der Waals surface area contributed by atoms with Crippen LogP contribution in [0.1, 0.15) is 0 Å². The summed E-state index contributed by atoms with van der Waals surface area (Å²) in [4.78, 5) is 10.7. The Balaban J connectivity index is 3.35. The molecule has 1 aromatic heterocycles. The summed E-state index contributed by atoms with van der Waals surface area (Å²) in [6.45, 7) is 0. The Bertz CT molecular complexity index is 215. The molecule has 5 heteroatoms. The van der Waals surface area contributed by atoms with Crippen LogP contribution in [0.5, 0.6) is 0 Å². The first-order chi connectivity index (χ1) is 3.70. The zero-order valence-electron chi connectivity index (χ0n) is 3.48. The molecule has 0 saturated heterocycles. The average Bonchev–Trinajstić information content (AvgIpc) is 1.85. The van der Waals surface area contributed by atoms with Crippen molar-refractivity contribution in [3.63, 3.8) is 0 Å². The summed E-state index contributed by atoms with van der Waals surface area (Å²) in [5.41, 5.74) is 0. The minimum absolute atomic E-state index is 0.205. The fourth-order valence-electron chi connectivity index (χ4n) is 0.247. The van der Waals surface area contributed by atoms with Crippen LogP contribution in [0, 0.1) is 4.89 Å². The van der Waals surface area contributed by atoms with Gasteiger partial charge in [0.15, 0.2) is 0 Å². The molecule has 0 aliphatic rings. The number of hydrogen-bond donors (Lipinski definition) is 0. The second kappa shape index (κ2) is 3.34. The molecule has 0 spiro atoms. The van der Waals surface area contributed by atoms with Gasteiger partial charge in [0, 0.05) is 0 Å². The van der Waals surface area contributed by atoms with Crippen LogP contribution in [-0.2, 0) is 0 Å². The molecule has 0 radical (unpaired) electrons. The van der Waals surface area contributed by atoms with Crippen LogP contribution >= 0.6 is 45.2 Å². The zero-order valence-corrected chi connectivity index (χ0v) is 11.2. The van der Waals surface area contributed by atoms with Gasteiger partial charge in [-0.2, -0.15) is 0 Å². The predicted molar refractivity (Wildman–Crippen MR) is 52.0 cm³/mol. The van der Waals surface area contributed by atoms with E-state index in [2.05, 4.69) is 45.2 Å². The summed E-state index contributed by atoms with van der Waals surface area (Å²) in [6.07, 6.45) is 0. The van der Waals surface area contributed by atoms with Crippen LogP contribution in [0.3, 0.4) is 0 Å². The van der Waals surface area contributed by atoms with Gasteiger partial charge >= 0.3 is 87.0 Å². The topological polar surface area (TPSA) is 17.1 Å². The zero-order chi connectivity index (χ0) is 6.15. The van der Waals surface area contributed by atoms with E-state index in [-0.39, 0.29) is 29.0 Å². The van der Waals surface area contributed by atoms with Gasteiger partial charge in [-0.3, -0.25) is 0 Å². The van der Waals surface area contributed by atoms with E-state index in [9.17, 15) is 4.79 Å². The van der Waals surface area contributed by atoms with Crippen LogP contribution in [-0.4, -0.2) is 29.0 Å². The Labute approximate surface area is 85.6 Å². The Morgan fingerprint density at radius 2 is 1.50 bits per heavy atom. The molecule has 0 atom stereocenters. The summed E-state index contributed by atoms with van der Waals surface area (Å²) in [7, 11) is 0. The van der Waals surface area contributed by atoms with Crippen molar-refractivity contribution in [2.75, 3.05) is 0 Å². The molecule has 0 aliphatic carbocycles. The van der Waals surface area contributed by atoms with Crippen molar-refractivity contribution in [3.8, 4) is 0 Å². The molecule has 0 amide bonds. The van der Waals surface area contributed by atoms with Gasteiger partial charge in [0.05, 0.1) is 0 Å². The van der Waals surface area contributed by atoms with Crippen molar-refractivity contribution in [3.05, 3.63) is 12.9 Å². The Kier molecular flexibility index (Phi) is 3.35. The third kappa shape index (κ3) is 1.95. The van der Waals surface area contributed by atoms with Gasteiger partial charge in [0.25, 0.3) is 0 Å². The summed E-state index contributed by atoms with van der Waals surface area (Å²) in [5.74, 6) is 0. The molecule has 0 saturated carbocycles. The fourth-order valence-corrected chi connectivity index (χ4v) is 11.2. The number of hydrogen-bond acceptors (Lipinski definition) is 1. The van der Waals surface area contributed by atoms with Gasteiger partial charge in [-0.1, -0.05) is 0 Å². The van der Waals surface area contributed by atoms with Crippen LogP contribution < -0.4 is 3.18 Å². The summed E-state index contributed by atoms with van der Waals surface area (Å²) < 4.78 is 3.13. The number of halogens is 2. The van der Waals surface area contributed by atoms with E-state index in [0.717, 1.165) is 0 Å². The molecule has 1 rings (SSSR count). The first kappa shape index (κ1) is 8.01. The van der Waals surface area contributed by atoms with Crippen LogP contribution in [0.4, 0.5) is 0 Å². The van der Waals surface area contributed by atoms with Crippen LogP contribution in [0.25, 0.3) is 0 Å². The van der Waals surface area contributed by atoms with Crippen LogP contribution in [0.15, 0.2) is 4.79 Å². The molecule has 0 bridgehead atoms. The monoisotopic (exact) mass is 466 g/mol. The van der Waals surface area contributed by atoms with Crippen molar-refractivity contribution >= 4 is 74.2 Å². The molecule has 1 heterocycles. The average molecular weight is 464 g/mol. The van der Waals surface area contributed by atoms with E-state index < -0.39 is 0 Å². The summed E-state index contributed by atoms with van der Waals surface area (Å²) in [5, 5.41) is 0. The minimum atomic E-state index is 0.205. The van der Waals surface area contributed by atoms with Gasteiger partial charge in [-0.25, -0.2) is 0 Å². The Morgan fingerprint density at radius 1 is 1.12 bits per heavy atom. The first-order valence-corrected chi connectivity index (χ1v) is 7.23. The molecular formula is C3I2OSe2. The summed E-state index contributed by atoms with van der Waals surface area (Å²) >= 11 is 4.95. The summed E-state index contributed by atoms with van der Waals surface area (Å²) in [6, 6.07) is 0. The SMILES string of the molecule is O=c1[se]c(I)c(I)[se]1. The molecule has 1 nitrogen and oxygen atoms in total. The third-order valence-corrected chi connectivity index (χ3v) is 11.3. The number of rotatable bonds is 0. The molecule has 0 unspecified atom stereocenters. The van der Waals surface area contributed by atoms with E-state index >= 15 is 0 Å². The maximum absolute atomic E-state index is 10.7. The van der Waals surface area contributed by atoms with Crippen molar-refractivity contribution in [1.29, 1.82) is 0 Å². The Morgan fingerprint density at radius 3 is 1.62 bits per heavy atom. The van der Waals surface area contributed by atoms with E-state index in [1.54, 1.807) is 0 Å². The third-order valence-electron chi connectivity index (χ3n) is 0.500. The molecule has 0 aliphatic heterocycles. The molecule has 0 aromatic carbocycles. The second-order valence-electron chi connectivity index (χ2n) is 1.00.